The van der Waals surface area contributed by atoms with Crippen LogP contribution in [-0.2, 0) is 15.7 Å². The maximum atomic E-state index is 12.5. The van der Waals surface area contributed by atoms with Crippen LogP contribution in [0.5, 0.6) is 5.75 Å². The van der Waals surface area contributed by atoms with Crippen molar-refractivity contribution in [3.63, 3.8) is 0 Å². The molecule has 0 aliphatic heterocycles. The van der Waals surface area contributed by atoms with Crippen LogP contribution in [0.15, 0.2) is 36.5 Å². The lowest BCUT2D eigenvalue weighted by Gasteiger charge is -2.10. The predicted octanol–water partition coefficient (Wildman–Crippen LogP) is 4.15. The molecule has 0 aliphatic rings. The Morgan fingerprint density at radius 1 is 1.21 bits per heavy atom. The van der Waals surface area contributed by atoms with Gasteiger partial charge in [-0.1, -0.05) is 17.7 Å². The zero-order valence-corrected chi connectivity index (χ0v) is 14.4. The topological polar surface area (TPSA) is 77.5 Å². The molecule has 150 valence electrons. The van der Waals surface area contributed by atoms with Crippen molar-refractivity contribution >= 4 is 29.3 Å². The highest BCUT2D eigenvalue weighted by Crippen LogP contribution is 2.32. The molecule has 1 aromatic heterocycles. The first-order chi connectivity index (χ1) is 13.1. The molecule has 0 atom stereocenters. The first-order valence-electron chi connectivity index (χ1n) is 7.31. The number of rotatable bonds is 6. The van der Waals surface area contributed by atoms with E-state index in [1.54, 1.807) is 0 Å². The summed E-state index contributed by atoms with van der Waals surface area (Å²) in [5.41, 5.74) is -1.26. The average Bonchev–Trinajstić information content (AvgIpc) is 2.60. The molecule has 0 bridgehead atoms. The zero-order chi connectivity index (χ0) is 20.9. The fourth-order valence-electron chi connectivity index (χ4n) is 1.87. The SMILES string of the molecule is O=C(COC(=O)c1cccc(OC(F)F)c1)Nc1ncc(C(F)(F)F)cc1Cl. The maximum Gasteiger partial charge on any atom is 0.417 e. The molecule has 0 spiro atoms. The number of pyridine rings is 1. The predicted molar refractivity (Wildman–Crippen MR) is 86.2 cm³/mol. The van der Waals surface area contributed by atoms with Crippen molar-refractivity contribution in [1.29, 1.82) is 0 Å². The van der Waals surface area contributed by atoms with Crippen molar-refractivity contribution in [2.24, 2.45) is 0 Å². The van der Waals surface area contributed by atoms with Crippen LogP contribution < -0.4 is 10.1 Å². The van der Waals surface area contributed by atoms with Gasteiger partial charge in [-0.25, -0.2) is 9.78 Å². The number of halogens is 6. The van der Waals surface area contributed by atoms with E-state index in [2.05, 4.69) is 15.0 Å². The molecule has 1 N–H and O–H groups in total. The average molecular weight is 425 g/mol. The van der Waals surface area contributed by atoms with Crippen LogP contribution in [0.2, 0.25) is 5.02 Å². The second-order valence-corrected chi connectivity index (χ2v) is 5.49. The Labute approximate surface area is 159 Å². The van der Waals surface area contributed by atoms with E-state index in [0.717, 1.165) is 6.07 Å². The quantitative estimate of drug-likeness (QED) is 0.557. The molecule has 0 aliphatic carbocycles. The molecule has 0 unspecified atom stereocenters. The minimum Gasteiger partial charge on any atom is -0.452 e. The second-order valence-electron chi connectivity index (χ2n) is 5.08. The Bertz CT molecular complexity index is 876. The van der Waals surface area contributed by atoms with Gasteiger partial charge < -0.3 is 14.8 Å². The van der Waals surface area contributed by atoms with E-state index in [0.29, 0.717) is 12.3 Å². The Kier molecular flexibility index (Phi) is 6.73. The monoisotopic (exact) mass is 424 g/mol. The Hall–Kier alpha value is -2.95. The first-order valence-corrected chi connectivity index (χ1v) is 7.68. The van der Waals surface area contributed by atoms with Gasteiger partial charge >= 0.3 is 18.8 Å². The highest BCUT2D eigenvalue weighted by Gasteiger charge is 2.31. The van der Waals surface area contributed by atoms with Crippen molar-refractivity contribution in [1.82, 2.24) is 4.98 Å². The molecular formula is C16H10ClF5N2O4. The number of carbonyl (C=O) groups is 2. The number of ether oxygens (including phenoxy) is 2. The largest absolute Gasteiger partial charge is 0.452 e. The fourth-order valence-corrected chi connectivity index (χ4v) is 2.08. The number of esters is 1. The number of alkyl halides is 5. The lowest BCUT2D eigenvalue weighted by atomic mass is 10.2. The van der Waals surface area contributed by atoms with Crippen LogP contribution in [0.3, 0.4) is 0 Å². The molecule has 0 fully saturated rings. The smallest absolute Gasteiger partial charge is 0.417 e. The number of hydrogen-bond donors (Lipinski definition) is 1. The molecule has 2 aromatic rings. The van der Waals surface area contributed by atoms with Crippen molar-refractivity contribution in [3.05, 3.63) is 52.7 Å². The van der Waals surface area contributed by atoms with Crippen LogP contribution in [0.4, 0.5) is 27.8 Å². The van der Waals surface area contributed by atoms with E-state index < -0.39 is 41.9 Å². The van der Waals surface area contributed by atoms with E-state index >= 15 is 0 Å². The summed E-state index contributed by atoms with van der Waals surface area (Å²) in [5.74, 6) is -2.58. The van der Waals surface area contributed by atoms with Crippen molar-refractivity contribution < 1.29 is 41.0 Å². The maximum absolute atomic E-state index is 12.5. The van der Waals surface area contributed by atoms with Gasteiger partial charge in [-0.2, -0.15) is 22.0 Å². The molecule has 0 saturated carbocycles. The Morgan fingerprint density at radius 3 is 2.54 bits per heavy atom. The summed E-state index contributed by atoms with van der Waals surface area (Å²) in [5, 5.41) is 1.62. The highest BCUT2D eigenvalue weighted by atomic mass is 35.5. The van der Waals surface area contributed by atoms with Crippen molar-refractivity contribution in [3.8, 4) is 5.75 Å². The van der Waals surface area contributed by atoms with Gasteiger partial charge in [0.2, 0.25) is 0 Å². The van der Waals surface area contributed by atoms with Gasteiger partial charge in [0.15, 0.2) is 12.4 Å². The van der Waals surface area contributed by atoms with Gasteiger partial charge in [-0.3, -0.25) is 4.79 Å². The molecule has 1 amide bonds. The normalized spacial score (nSPS) is 11.2. The number of carbonyl (C=O) groups excluding carboxylic acids is 2. The molecule has 1 heterocycles. The van der Waals surface area contributed by atoms with Crippen LogP contribution >= 0.6 is 11.6 Å². The van der Waals surface area contributed by atoms with Gasteiger partial charge in [0, 0.05) is 6.20 Å². The summed E-state index contributed by atoms with van der Waals surface area (Å²) >= 11 is 5.64. The Balaban J connectivity index is 1.95. The van der Waals surface area contributed by atoms with Crippen molar-refractivity contribution in [2.75, 3.05) is 11.9 Å². The third kappa shape index (κ3) is 6.05. The summed E-state index contributed by atoms with van der Waals surface area (Å²) < 4.78 is 70.8. The van der Waals surface area contributed by atoms with Gasteiger partial charge in [-0.15, -0.1) is 0 Å². The fraction of sp³-hybridized carbons (Fsp3) is 0.188. The number of nitrogens with zero attached hydrogens (tertiary/aromatic N) is 1. The third-order valence-corrected chi connectivity index (χ3v) is 3.34. The highest BCUT2D eigenvalue weighted by molar-refractivity contribution is 6.33. The first kappa shape index (κ1) is 21.4. The molecule has 2 rings (SSSR count). The minimum absolute atomic E-state index is 0.156. The minimum atomic E-state index is -4.66. The Morgan fingerprint density at radius 2 is 1.93 bits per heavy atom. The number of aromatic nitrogens is 1. The third-order valence-electron chi connectivity index (χ3n) is 3.06. The van der Waals surface area contributed by atoms with Crippen LogP contribution in [0.25, 0.3) is 0 Å². The number of anilines is 1. The molecule has 0 saturated heterocycles. The second kappa shape index (κ2) is 8.83. The lowest BCUT2D eigenvalue weighted by molar-refractivity contribution is -0.137. The van der Waals surface area contributed by atoms with Crippen molar-refractivity contribution in [2.45, 2.75) is 12.8 Å². The summed E-state index contributed by atoms with van der Waals surface area (Å²) in [6.45, 7) is -3.91. The van der Waals surface area contributed by atoms with Gasteiger partial charge in [0.1, 0.15) is 5.75 Å². The van der Waals surface area contributed by atoms with E-state index in [1.165, 1.54) is 18.2 Å². The number of nitrogens with one attached hydrogen (secondary N) is 1. The lowest BCUT2D eigenvalue weighted by Crippen LogP contribution is -2.22. The van der Waals surface area contributed by atoms with Gasteiger partial charge in [-0.05, 0) is 24.3 Å². The van der Waals surface area contributed by atoms with Crippen LogP contribution in [0.1, 0.15) is 15.9 Å². The summed E-state index contributed by atoms with van der Waals surface area (Å²) in [6.07, 6.45) is -4.18. The number of benzene rings is 1. The molecule has 12 heteroatoms. The van der Waals surface area contributed by atoms with Crippen LogP contribution in [-0.4, -0.2) is 30.1 Å². The van der Waals surface area contributed by atoms with E-state index in [4.69, 9.17) is 16.3 Å². The molecular weight excluding hydrogens is 415 g/mol. The zero-order valence-electron chi connectivity index (χ0n) is 13.6. The molecule has 28 heavy (non-hydrogen) atoms. The summed E-state index contributed by atoms with van der Waals surface area (Å²) in [6, 6.07) is 5.26. The molecule has 0 radical (unpaired) electrons. The summed E-state index contributed by atoms with van der Waals surface area (Å²) in [7, 11) is 0. The van der Waals surface area contributed by atoms with Gasteiger partial charge in [0.25, 0.3) is 5.91 Å². The number of hydrogen-bond acceptors (Lipinski definition) is 5. The van der Waals surface area contributed by atoms with E-state index in [9.17, 15) is 31.5 Å². The van der Waals surface area contributed by atoms with Gasteiger partial charge in [0.05, 0.1) is 16.1 Å². The summed E-state index contributed by atoms with van der Waals surface area (Å²) in [4.78, 5) is 27.0. The van der Waals surface area contributed by atoms with Crippen LogP contribution in [0, 0.1) is 0 Å². The number of amides is 1. The van der Waals surface area contributed by atoms with E-state index in [1.807, 2.05) is 0 Å². The molecule has 6 nitrogen and oxygen atoms in total. The van der Waals surface area contributed by atoms with E-state index in [-0.39, 0.29) is 17.1 Å². The standard InChI is InChI=1S/C16H10ClF5N2O4/c17-11-5-9(16(20,21)22)6-23-13(11)24-12(25)7-27-14(26)8-2-1-3-10(4-8)28-15(18)19/h1-6,15H,7H2,(H,23,24,25). The molecule has 1 aromatic carbocycles.